The van der Waals surface area contributed by atoms with Gasteiger partial charge in [-0.05, 0) is 43.5 Å². The summed E-state index contributed by atoms with van der Waals surface area (Å²) in [5.74, 6) is -0.163. The maximum absolute atomic E-state index is 11.9. The zero-order valence-corrected chi connectivity index (χ0v) is 9.73. The number of imide groups is 1. The molecule has 2 unspecified atom stereocenters. The van der Waals surface area contributed by atoms with E-state index in [2.05, 4.69) is 0 Å². The first kappa shape index (κ1) is 10.3. The number of amides is 2. The van der Waals surface area contributed by atoms with Gasteiger partial charge >= 0.3 is 0 Å². The number of nitrogens with zero attached hydrogens (tertiary/aromatic N) is 1. The summed E-state index contributed by atoms with van der Waals surface area (Å²) in [6.45, 7) is 3.54. The van der Waals surface area contributed by atoms with Crippen molar-refractivity contribution in [2.24, 2.45) is 11.8 Å². The number of fused-ring (bicyclic) bond motifs is 1. The standard InChI is InChI=1S/C13H13NO3/c1-6-4-11(15)7(2)3-10(6)14-12(16)8-5-9(8)13(14)17/h3-4,8-9,15H,5H2,1-2H3. The van der Waals surface area contributed by atoms with Crippen LogP contribution in [0, 0.1) is 25.7 Å². The van der Waals surface area contributed by atoms with Gasteiger partial charge in [0, 0.05) is 0 Å². The van der Waals surface area contributed by atoms with Crippen molar-refractivity contribution in [3.05, 3.63) is 23.3 Å². The number of hydrogen-bond donors (Lipinski definition) is 1. The number of phenolic OH excluding ortho intramolecular Hbond substituents is 1. The van der Waals surface area contributed by atoms with E-state index in [0.717, 1.165) is 5.56 Å². The average molecular weight is 231 g/mol. The fourth-order valence-corrected chi connectivity index (χ4v) is 2.45. The zero-order valence-electron chi connectivity index (χ0n) is 9.73. The third-order valence-electron chi connectivity index (χ3n) is 3.62. The second-order valence-corrected chi connectivity index (χ2v) is 4.89. The number of phenols is 1. The summed E-state index contributed by atoms with van der Waals surface area (Å²) in [4.78, 5) is 25.2. The number of aromatic hydroxyl groups is 1. The van der Waals surface area contributed by atoms with Crippen molar-refractivity contribution < 1.29 is 14.7 Å². The number of hydrogen-bond acceptors (Lipinski definition) is 3. The molecule has 2 amide bonds. The van der Waals surface area contributed by atoms with Crippen LogP contribution < -0.4 is 4.90 Å². The number of piperidine rings is 1. The lowest BCUT2D eigenvalue weighted by atomic mass is 10.1. The predicted octanol–water partition coefficient (Wildman–Crippen LogP) is 1.52. The highest BCUT2D eigenvalue weighted by Gasteiger charge is 2.59. The van der Waals surface area contributed by atoms with Crippen LogP contribution in [-0.4, -0.2) is 16.9 Å². The fourth-order valence-electron chi connectivity index (χ4n) is 2.45. The molecule has 88 valence electrons. The molecule has 0 radical (unpaired) electrons. The number of aryl methyl sites for hydroxylation is 2. The van der Waals surface area contributed by atoms with Crippen molar-refractivity contribution in [2.75, 3.05) is 4.90 Å². The largest absolute Gasteiger partial charge is 0.508 e. The molecule has 1 N–H and O–H groups in total. The minimum atomic E-state index is -0.0896. The number of carbonyl (C=O) groups is 2. The summed E-state index contributed by atoms with van der Waals surface area (Å²) < 4.78 is 0. The summed E-state index contributed by atoms with van der Waals surface area (Å²) in [6, 6.07) is 3.29. The van der Waals surface area contributed by atoms with E-state index in [0.29, 0.717) is 17.7 Å². The summed E-state index contributed by atoms with van der Waals surface area (Å²) >= 11 is 0. The van der Waals surface area contributed by atoms with Gasteiger partial charge in [0.1, 0.15) is 5.75 Å². The summed E-state index contributed by atoms with van der Waals surface area (Å²) in [6.07, 6.45) is 0.713. The molecule has 0 spiro atoms. The van der Waals surface area contributed by atoms with Crippen LogP contribution in [0.3, 0.4) is 0 Å². The van der Waals surface area contributed by atoms with Crippen LogP contribution in [0.1, 0.15) is 17.5 Å². The molecule has 4 heteroatoms. The highest BCUT2D eigenvalue weighted by Crippen LogP contribution is 2.49. The average Bonchev–Trinajstić information content (AvgIpc) is 3.00. The normalized spacial score (nSPS) is 26.4. The second-order valence-electron chi connectivity index (χ2n) is 4.89. The van der Waals surface area contributed by atoms with Crippen molar-refractivity contribution in [3.8, 4) is 5.75 Å². The Bertz CT molecular complexity index is 530. The van der Waals surface area contributed by atoms with Gasteiger partial charge in [0.05, 0.1) is 17.5 Å². The molecule has 4 nitrogen and oxygen atoms in total. The van der Waals surface area contributed by atoms with Crippen molar-refractivity contribution in [1.82, 2.24) is 0 Å². The molecule has 1 heterocycles. The van der Waals surface area contributed by atoms with Gasteiger partial charge in [-0.15, -0.1) is 0 Å². The molecule has 17 heavy (non-hydrogen) atoms. The third kappa shape index (κ3) is 1.30. The summed E-state index contributed by atoms with van der Waals surface area (Å²) in [5, 5.41) is 9.57. The van der Waals surface area contributed by atoms with E-state index < -0.39 is 0 Å². The Labute approximate surface area is 98.9 Å². The van der Waals surface area contributed by atoms with Crippen LogP contribution in [0.2, 0.25) is 0 Å². The predicted molar refractivity (Wildman–Crippen MR) is 61.7 cm³/mol. The Morgan fingerprint density at radius 1 is 1.12 bits per heavy atom. The second kappa shape index (κ2) is 3.09. The molecule has 1 aromatic carbocycles. The van der Waals surface area contributed by atoms with Gasteiger partial charge in [0.25, 0.3) is 0 Å². The van der Waals surface area contributed by atoms with Gasteiger partial charge < -0.3 is 5.11 Å². The van der Waals surface area contributed by atoms with Crippen LogP contribution in [-0.2, 0) is 9.59 Å². The van der Waals surface area contributed by atoms with Crippen LogP contribution in [0.5, 0.6) is 5.75 Å². The zero-order chi connectivity index (χ0) is 12.3. The maximum Gasteiger partial charge on any atom is 0.237 e. The van der Waals surface area contributed by atoms with E-state index in [-0.39, 0.29) is 29.4 Å². The summed E-state index contributed by atoms with van der Waals surface area (Å²) in [7, 11) is 0. The minimum Gasteiger partial charge on any atom is -0.508 e. The first-order chi connectivity index (χ1) is 8.00. The molecule has 2 aliphatic rings. The molecule has 0 aromatic heterocycles. The molecule has 1 aromatic rings. The van der Waals surface area contributed by atoms with E-state index in [1.807, 2.05) is 0 Å². The van der Waals surface area contributed by atoms with E-state index in [1.54, 1.807) is 26.0 Å². The van der Waals surface area contributed by atoms with E-state index >= 15 is 0 Å². The van der Waals surface area contributed by atoms with Crippen molar-refractivity contribution >= 4 is 17.5 Å². The Balaban J connectivity index is 2.08. The number of anilines is 1. The van der Waals surface area contributed by atoms with Gasteiger partial charge in [0.2, 0.25) is 11.8 Å². The SMILES string of the molecule is Cc1cc(N2C(=O)C3CC3C2=O)c(C)cc1O. The molecule has 1 saturated heterocycles. The van der Waals surface area contributed by atoms with Gasteiger partial charge in [0.15, 0.2) is 0 Å². The summed E-state index contributed by atoms with van der Waals surface area (Å²) in [5.41, 5.74) is 2.03. The molecule has 2 atom stereocenters. The molecular formula is C13H13NO3. The smallest absolute Gasteiger partial charge is 0.237 e. The number of benzene rings is 1. The molecule has 1 aliphatic carbocycles. The molecule has 1 saturated carbocycles. The molecular weight excluding hydrogens is 218 g/mol. The van der Waals surface area contributed by atoms with E-state index in [9.17, 15) is 14.7 Å². The maximum atomic E-state index is 11.9. The molecule has 2 fully saturated rings. The lowest BCUT2D eigenvalue weighted by molar-refractivity contribution is -0.123. The lowest BCUT2D eigenvalue weighted by Crippen LogP contribution is -2.33. The minimum absolute atomic E-state index is 0.0870. The first-order valence-corrected chi connectivity index (χ1v) is 5.68. The van der Waals surface area contributed by atoms with Crippen molar-refractivity contribution in [3.63, 3.8) is 0 Å². The Morgan fingerprint density at radius 3 is 2.29 bits per heavy atom. The van der Waals surface area contributed by atoms with E-state index in [4.69, 9.17) is 0 Å². The molecule has 3 rings (SSSR count). The lowest BCUT2D eigenvalue weighted by Gasteiger charge is -2.19. The Kier molecular flexibility index (Phi) is 1.88. The van der Waals surface area contributed by atoms with Crippen molar-refractivity contribution in [2.45, 2.75) is 20.3 Å². The van der Waals surface area contributed by atoms with E-state index in [1.165, 1.54) is 4.90 Å². The van der Waals surface area contributed by atoms with Gasteiger partial charge in [-0.2, -0.15) is 0 Å². The Hall–Kier alpha value is -1.84. The van der Waals surface area contributed by atoms with Gasteiger partial charge in [-0.1, -0.05) is 0 Å². The first-order valence-electron chi connectivity index (χ1n) is 5.68. The van der Waals surface area contributed by atoms with Crippen LogP contribution in [0.4, 0.5) is 5.69 Å². The van der Waals surface area contributed by atoms with Gasteiger partial charge in [-0.3, -0.25) is 9.59 Å². The van der Waals surface area contributed by atoms with Gasteiger partial charge in [-0.25, -0.2) is 4.90 Å². The number of carbonyl (C=O) groups excluding carboxylic acids is 2. The van der Waals surface area contributed by atoms with Crippen LogP contribution in [0.25, 0.3) is 0 Å². The third-order valence-corrected chi connectivity index (χ3v) is 3.62. The molecule has 1 aliphatic heterocycles. The molecule has 0 bridgehead atoms. The van der Waals surface area contributed by atoms with Crippen molar-refractivity contribution in [1.29, 1.82) is 0 Å². The fraction of sp³-hybridized carbons (Fsp3) is 0.385. The highest BCUT2D eigenvalue weighted by atomic mass is 16.3. The quantitative estimate of drug-likeness (QED) is 0.745. The highest BCUT2D eigenvalue weighted by molar-refractivity contribution is 6.25. The topological polar surface area (TPSA) is 57.6 Å². The Morgan fingerprint density at radius 2 is 1.71 bits per heavy atom. The monoisotopic (exact) mass is 231 g/mol. The number of rotatable bonds is 1. The van der Waals surface area contributed by atoms with Crippen LogP contribution >= 0.6 is 0 Å². The van der Waals surface area contributed by atoms with Crippen LogP contribution in [0.15, 0.2) is 12.1 Å².